The Morgan fingerprint density at radius 1 is 1.12 bits per heavy atom. The van der Waals surface area contributed by atoms with E-state index in [-0.39, 0.29) is 12.4 Å². The number of nitrogens with one attached hydrogen (secondary N) is 1. The number of methoxy groups -OCH3 is 2. The molecule has 0 bridgehead atoms. The number of ether oxygens (including phenoxy) is 2. The van der Waals surface area contributed by atoms with Crippen LogP contribution in [-0.4, -0.2) is 20.8 Å². The highest BCUT2D eigenvalue weighted by Crippen LogP contribution is 2.32. The van der Waals surface area contributed by atoms with E-state index in [1.807, 2.05) is 6.07 Å². The molecular weight excluding hydrogens is 238 g/mol. The van der Waals surface area contributed by atoms with E-state index in [4.69, 9.17) is 9.47 Å². The molecule has 1 aliphatic rings. The zero-order chi connectivity index (χ0) is 11.4. The van der Waals surface area contributed by atoms with Gasteiger partial charge in [-0.2, -0.15) is 0 Å². The van der Waals surface area contributed by atoms with Crippen LogP contribution in [0.3, 0.4) is 0 Å². The second-order valence-electron chi connectivity index (χ2n) is 4.12. The van der Waals surface area contributed by atoms with Crippen LogP contribution in [0, 0.1) is 0 Å². The van der Waals surface area contributed by atoms with Crippen LogP contribution in [0.1, 0.15) is 30.9 Å². The number of halogens is 1. The van der Waals surface area contributed by atoms with E-state index in [0.717, 1.165) is 18.0 Å². The normalized spacial score (nSPS) is 19.3. The topological polar surface area (TPSA) is 30.5 Å². The fraction of sp³-hybridized carbons (Fsp3) is 0.538. The van der Waals surface area contributed by atoms with Crippen molar-refractivity contribution >= 4 is 12.4 Å². The van der Waals surface area contributed by atoms with Gasteiger partial charge in [-0.1, -0.05) is 12.5 Å². The minimum absolute atomic E-state index is 0. The van der Waals surface area contributed by atoms with Gasteiger partial charge in [0.05, 0.1) is 14.2 Å². The smallest absolute Gasteiger partial charge is 0.161 e. The van der Waals surface area contributed by atoms with Gasteiger partial charge in [0.1, 0.15) is 0 Å². The predicted molar refractivity (Wildman–Crippen MR) is 71.4 cm³/mol. The largest absolute Gasteiger partial charge is 0.493 e. The van der Waals surface area contributed by atoms with Crippen LogP contribution in [0.25, 0.3) is 0 Å². The molecule has 1 N–H and O–H groups in total. The van der Waals surface area contributed by atoms with Crippen LogP contribution < -0.4 is 14.8 Å². The summed E-state index contributed by atoms with van der Waals surface area (Å²) in [5, 5.41) is 3.53. The van der Waals surface area contributed by atoms with Crippen LogP contribution >= 0.6 is 12.4 Å². The third-order valence-corrected chi connectivity index (χ3v) is 3.12. The summed E-state index contributed by atoms with van der Waals surface area (Å²) in [6, 6.07) is 6.63. The Bertz CT molecular complexity index is 351. The Labute approximate surface area is 109 Å². The maximum absolute atomic E-state index is 5.31. The maximum Gasteiger partial charge on any atom is 0.161 e. The van der Waals surface area contributed by atoms with Gasteiger partial charge in [-0.15, -0.1) is 12.4 Å². The molecule has 0 spiro atoms. The quantitative estimate of drug-likeness (QED) is 0.903. The van der Waals surface area contributed by atoms with E-state index >= 15 is 0 Å². The molecule has 1 aliphatic heterocycles. The summed E-state index contributed by atoms with van der Waals surface area (Å²) >= 11 is 0. The molecule has 96 valence electrons. The first-order valence-electron chi connectivity index (χ1n) is 5.80. The van der Waals surface area contributed by atoms with Crippen LogP contribution in [0.15, 0.2) is 18.2 Å². The lowest BCUT2D eigenvalue weighted by Gasteiger charge is -2.24. The summed E-state index contributed by atoms with van der Waals surface area (Å²) in [4.78, 5) is 0. The summed E-state index contributed by atoms with van der Waals surface area (Å²) < 4.78 is 10.5. The molecule has 2 rings (SSSR count). The Morgan fingerprint density at radius 2 is 1.88 bits per heavy atom. The first kappa shape index (κ1) is 14.1. The van der Waals surface area contributed by atoms with Crippen LogP contribution in [0.5, 0.6) is 11.5 Å². The van der Waals surface area contributed by atoms with E-state index < -0.39 is 0 Å². The maximum atomic E-state index is 5.31. The summed E-state index contributed by atoms with van der Waals surface area (Å²) in [5.41, 5.74) is 1.29. The number of rotatable bonds is 3. The number of benzene rings is 1. The Kier molecular flexibility index (Phi) is 5.59. The second-order valence-corrected chi connectivity index (χ2v) is 4.12. The molecule has 1 aromatic carbocycles. The van der Waals surface area contributed by atoms with Crippen LogP contribution in [-0.2, 0) is 0 Å². The number of piperidine rings is 1. The van der Waals surface area contributed by atoms with Crippen molar-refractivity contribution in [2.24, 2.45) is 0 Å². The van der Waals surface area contributed by atoms with Crippen LogP contribution in [0.2, 0.25) is 0 Å². The lowest BCUT2D eigenvalue weighted by atomic mass is 9.97. The van der Waals surface area contributed by atoms with Gasteiger partial charge in [-0.05, 0) is 37.1 Å². The molecule has 0 amide bonds. The molecule has 1 fully saturated rings. The van der Waals surface area contributed by atoms with Gasteiger partial charge >= 0.3 is 0 Å². The highest BCUT2D eigenvalue weighted by atomic mass is 35.5. The van der Waals surface area contributed by atoms with E-state index in [1.165, 1.54) is 24.8 Å². The van der Waals surface area contributed by atoms with E-state index in [9.17, 15) is 0 Å². The van der Waals surface area contributed by atoms with Gasteiger partial charge < -0.3 is 14.8 Å². The zero-order valence-electron chi connectivity index (χ0n) is 10.4. The summed E-state index contributed by atoms with van der Waals surface area (Å²) in [6.45, 7) is 1.11. The minimum Gasteiger partial charge on any atom is -0.493 e. The standard InChI is InChI=1S/C13H19NO2.ClH/c1-15-12-7-6-10(9-13(12)16-2)11-5-3-4-8-14-11;/h6-7,9,11,14H,3-5,8H2,1-2H3;1H. The average Bonchev–Trinajstić information content (AvgIpc) is 2.39. The van der Waals surface area contributed by atoms with Gasteiger partial charge in [0.2, 0.25) is 0 Å². The van der Waals surface area contributed by atoms with Crippen molar-refractivity contribution in [3.63, 3.8) is 0 Å². The molecule has 1 aromatic rings. The molecule has 1 saturated heterocycles. The molecular formula is C13H20ClNO2. The Balaban J connectivity index is 0.00000144. The SMILES string of the molecule is COc1ccc(C2CCCCN2)cc1OC.Cl. The average molecular weight is 258 g/mol. The molecule has 17 heavy (non-hydrogen) atoms. The molecule has 1 unspecified atom stereocenters. The molecule has 1 atom stereocenters. The molecule has 0 aliphatic carbocycles. The highest BCUT2D eigenvalue weighted by molar-refractivity contribution is 5.85. The van der Waals surface area contributed by atoms with Crippen molar-refractivity contribution in [3.8, 4) is 11.5 Å². The predicted octanol–water partition coefficient (Wildman–Crippen LogP) is 2.94. The molecule has 1 heterocycles. The number of hydrogen-bond acceptors (Lipinski definition) is 3. The monoisotopic (exact) mass is 257 g/mol. The summed E-state index contributed by atoms with van der Waals surface area (Å²) in [6.07, 6.45) is 3.78. The molecule has 0 saturated carbocycles. The zero-order valence-corrected chi connectivity index (χ0v) is 11.2. The molecule has 3 nitrogen and oxygen atoms in total. The van der Waals surface area contributed by atoms with Gasteiger partial charge in [-0.3, -0.25) is 0 Å². The van der Waals surface area contributed by atoms with Crippen molar-refractivity contribution in [3.05, 3.63) is 23.8 Å². The van der Waals surface area contributed by atoms with Crippen LogP contribution in [0.4, 0.5) is 0 Å². The second kappa shape index (κ2) is 6.72. The third-order valence-electron chi connectivity index (χ3n) is 3.12. The van der Waals surface area contributed by atoms with Gasteiger partial charge in [0.15, 0.2) is 11.5 Å². The molecule has 0 aromatic heterocycles. The fourth-order valence-corrected chi connectivity index (χ4v) is 2.21. The van der Waals surface area contributed by atoms with Crippen molar-refractivity contribution in [2.45, 2.75) is 25.3 Å². The molecule has 0 radical (unpaired) electrons. The first-order valence-corrected chi connectivity index (χ1v) is 5.80. The van der Waals surface area contributed by atoms with Crippen molar-refractivity contribution in [2.75, 3.05) is 20.8 Å². The molecule has 4 heteroatoms. The van der Waals surface area contributed by atoms with E-state index in [2.05, 4.69) is 17.4 Å². The van der Waals surface area contributed by atoms with E-state index in [1.54, 1.807) is 14.2 Å². The Morgan fingerprint density at radius 3 is 2.47 bits per heavy atom. The Hall–Kier alpha value is -0.930. The van der Waals surface area contributed by atoms with Gasteiger partial charge in [0, 0.05) is 6.04 Å². The van der Waals surface area contributed by atoms with Gasteiger partial charge in [0.25, 0.3) is 0 Å². The van der Waals surface area contributed by atoms with Crippen molar-refractivity contribution in [1.29, 1.82) is 0 Å². The van der Waals surface area contributed by atoms with Gasteiger partial charge in [-0.25, -0.2) is 0 Å². The third kappa shape index (κ3) is 3.27. The summed E-state index contributed by atoms with van der Waals surface area (Å²) in [5.74, 6) is 1.61. The minimum atomic E-state index is 0. The van der Waals surface area contributed by atoms with E-state index in [0.29, 0.717) is 6.04 Å². The van der Waals surface area contributed by atoms with Crippen molar-refractivity contribution in [1.82, 2.24) is 5.32 Å². The number of hydrogen-bond donors (Lipinski definition) is 1. The first-order chi connectivity index (χ1) is 7.85. The lowest BCUT2D eigenvalue weighted by molar-refractivity contribution is 0.352. The fourth-order valence-electron chi connectivity index (χ4n) is 2.21. The lowest BCUT2D eigenvalue weighted by Crippen LogP contribution is -2.26. The highest BCUT2D eigenvalue weighted by Gasteiger charge is 2.16. The van der Waals surface area contributed by atoms with Crippen molar-refractivity contribution < 1.29 is 9.47 Å². The summed E-state index contributed by atoms with van der Waals surface area (Å²) in [7, 11) is 3.34.